The third-order valence-electron chi connectivity index (χ3n) is 10.4. The summed E-state index contributed by atoms with van der Waals surface area (Å²) in [5.41, 5.74) is 9.04. The largest absolute Gasteiger partial charge is 0.497 e. The summed E-state index contributed by atoms with van der Waals surface area (Å²) in [5.74, 6) is 0.497. The standard InChI is InChI=1S/C46H51BrN6O7/c1-29-16-39(57-4)8-10-41(29)32-18-35(49-43(20-32)45(55)59-6)25-51-12-14-52(24-31(3)54)27-37-22-34(47)23-38(48-37)28-53(15-13-51)26-36-19-33(21-44(50-36)46(56)60-7)42-11-9-40(58-5)17-30(42)2/h8-11,16-23H,12-15,24-28H2,1-7H3. The molecule has 5 aromatic rings. The molecule has 13 nitrogen and oxygen atoms in total. The van der Waals surface area contributed by atoms with Crippen molar-refractivity contribution in [2.24, 2.45) is 0 Å². The average molecular weight is 880 g/mol. The number of esters is 2. The Morgan fingerprint density at radius 2 is 1.05 bits per heavy atom. The molecule has 6 rings (SSSR count). The number of hydrogen-bond acceptors (Lipinski definition) is 13. The summed E-state index contributed by atoms with van der Waals surface area (Å²) in [4.78, 5) is 59.8. The summed E-state index contributed by atoms with van der Waals surface area (Å²) in [7, 11) is 5.97. The Morgan fingerprint density at radius 1 is 0.600 bits per heavy atom. The minimum atomic E-state index is -0.526. The van der Waals surface area contributed by atoms with Gasteiger partial charge in [0, 0.05) is 56.8 Å². The highest BCUT2D eigenvalue weighted by atomic mass is 79.9. The summed E-state index contributed by atoms with van der Waals surface area (Å²) in [6.45, 7) is 10.0. The van der Waals surface area contributed by atoms with E-state index in [9.17, 15) is 14.4 Å². The molecular formula is C46H51BrN6O7. The number of hydrogen-bond donors (Lipinski definition) is 0. The molecule has 1 aliphatic heterocycles. The number of methoxy groups -OCH3 is 4. The molecule has 4 heterocycles. The number of aryl methyl sites for hydroxylation is 2. The first-order valence-electron chi connectivity index (χ1n) is 19.6. The zero-order valence-corrected chi connectivity index (χ0v) is 36.8. The molecule has 0 aliphatic carbocycles. The maximum absolute atomic E-state index is 13.0. The predicted molar refractivity (Wildman–Crippen MR) is 232 cm³/mol. The molecule has 0 spiro atoms. The molecular weight excluding hydrogens is 828 g/mol. The normalized spacial score (nSPS) is 14.1. The molecule has 0 radical (unpaired) electrons. The Morgan fingerprint density at radius 3 is 1.50 bits per heavy atom. The summed E-state index contributed by atoms with van der Waals surface area (Å²) >= 11 is 3.70. The molecule has 14 heteroatoms. The second-order valence-corrected chi connectivity index (χ2v) is 15.9. The fourth-order valence-electron chi connectivity index (χ4n) is 7.51. The van der Waals surface area contributed by atoms with E-state index in [1.807, 2.05) is 74.5 Å². The number of Topliss-reactive ketones (excluding diaryl/α,β-unsaturated/α-hetero) is 1. The number of pyridine rings is 3. The number of carbonyl (C=O) groups excluding carboxylic acids is 3. The van der Waals surface area contributed by atoms with E-state index in [-0.39, 0.29) is 23.7 Å². The van der Waals surface area contributed by atoms with Crippen LogP contribution in [-0.4, -0.2) is 109 Å². The molecule has 0 unspecified atom stereocenters. The highest BCUT2D eigenvalue weighted by molar-refractivity contribution is 9.10. The first-order chi connectivity index (χ1) is 28.8. The lowest BCUT2D eigenvalue weighted by Crippen LogP contribution is -2.41. The molecule has 3 aromatic heterocycles. The van der Waals surface area contributed by atoms with E-state index < -0.39 is 11.9 Å². The average Bonchev–Trinajstić information content (AvgIpc) is 3.22. The van der Waals surface area contributed by atoms with Gasteiger partial charge in [0.1, 0.15) is 28.7 Å². The molecule has 0 N–H and O–H groups in total. The van der Waals surface area contributed by atoms with Gasteiger partial charge in [-0.15, -0.1) is 0 Å². The Kier molecular flexibility index (Phi) is 14.8. The van der Waals surface area contributed by atoms with E-state index in [1.54, 1.807) is 33.3 Å². The smallest absolute Gasteiger partial charge is 0.356 e. The van der Waals surface area contributed by atoms with Gasteiger partial charge in [-0.3, -0.25) is 24.5 Å². The molecule has 0 atom stereocenters. The van der Waals surface area contributed by atoms with Crippen molar-refractivity contribution >= 4 is 33.7 Å². The van der Waals surface area contributed by atoms with Gasteiger partial charge in [-0.1, -0.05) is 28.1 Å². The lowest BCUT2D eigenvalue weighted by Gasteiger charge is -2.31. The van der Waals surface area contributed by atoms with Gasteiger partial charge in [0.05, 0.1) is 57.8 Å². The van der Waals surface area contributed by atoms with E-state index in [1.165, 1.54) is 14.2 Å². The monoisotopic (exact) mass is 878 g/mol. The second kappa shape index (κ2) is 20.1. The summed E-state index contributed by atoms with van der Waals surface area (Å²) in [6.07, 6.45) is 0. The summed E-state index contributed by atoms with van der Waals surface area (Å²) in [5, 5.41) is 0. The van der Waals surface area contributed by atoms with Crippen molar-refractivity contribution in [3.05, 3.63) is 123 Å². The quantitative estimate of drug-likeness (QED) is 0.118. The number of aromatic nitrogens is 3. The van der Waals surface area contributed by atoms with Gasteiger partial charge in [-0.25, -0.2) is 19.6 Å². The SMILES string of the molecule is COC(=O)c1cc(-c2ccc(OC)cc2C)cc(CN2CCN(CC(C)=O)Cc3cc(Br)cc(n3)CN(Cc3cc(-c4ccc(OC)cc4C)cc(C(=O)OC)n3)CC2)n1. The molecule has 0 fully saturated rings. The molecule has 0 amide bonds. The van der Waals surface area contributed by atoms with Crippen LogP contribution in [0.5, 0.6) is 11.5 Å². The molecule has 2 bridgehead atoms. The van der Waals surface area contributed by atoms with E-state index in [4.69, 9.17) is 33.9 Å². The van der Waals surface area contributed by atoms with Crippen molar-refractivity contribution in [2.75, 3.05) is 61.2 Å². The number of fused-ring (bicyclic) bond motifs is 2. The fourth-order valence-corrected chi connectivity index (χ4v) is 8.04. The molecule has 60 heavy (non-hydrogen) atoms. The number of ether oxygens (including phenoxy) is 4. The number of rotatable bonds is 12. The van der Waals surface area contributed by atoms with Crippen LogP contribution >= 0.6 is 15.9 Å². The highest BCUT2D eigenvalue weighted by Gasteiger charge is 2.22. The van der Waals surface area contributed by atoms with Crippen LogP contribution in [0.3, 0.4) is 0 Å². The van der Waals surface area contributed by atoms with Crippen LogP contribution in [0.2, 0.25) is 0 Å². The minimum absolute atomic E-state index is 0.0628. The Bertz CT molecular complexity index is 2370. The zero-order chi connectivity index (χ0) is 42.9. The third kappa shape index (κ3) is 11.4. The first-order valence-corrected chi connectivity index (χ1v) is 20.4. The fraction of sp³-hybridized carbons (Fsp3) is 0.348. The van der Waals surface area contributed by atoms with E-state index in [0.29, 0.717) is 63.7 Å². The summed E-state index contributed by atoms with van der Waals surface area (Å²) < 4.78 is 22.1. The van der Waals surface area contributed by atoms with Crippen LogP contribution < -0.4 is 9.47 Å². The molecule has 2 aromatic carbocycles. The molecule has 0 saturated carbocycles. The molecule has 1 aliphatic rings. The maximum Gasteiger partial charge on any atom is 0.356 e. The van der Waals surface area contributed by atoms with Crippen molar-refractivity contribution in [2.45, 2.75) is 47.0 Å². The zero-order valence-electron chi connectivity index (χ0n) is 35.2. The van der Waals surface area contributed by atoms with Crippen LogP contribution in [0.4, 0.5) is 0 Å². The number of carbonyl (C=O) groups is 3. The van der Waals surface area contributed by atoms with Gasteiger partial charge in [0.25, 0.3) is 0 Å². The van der Waals surface area contributed by atoms with Gasteiger partial charge in [0.15, 0.2) is 0 Å². The Balaban J connectivity index is 1.38. The van der Waals surface area contributed by atoms with Crippen LogP contribution in [0.1, 0.15) is 61.8 Å². The van der Waals surface area contributed by atoms with E-state index in [0.717, 1.165) is 60.7 Å². The van der Waals surface area contributed by atoms with Gasteiger partial charge in [-0.2, -0.15) is 0 Å². The van der Waals surface area contributed by atoms with Crippen molar-refractivity contribution in [3.8, 4) is 33.8 Å². The maximum atomic E-state index is 13.0. The van der Waals surface area contributed by atoms with Crippen LogP contribution in [0.25, 0.3) is 22.3 Å². The topological polar surface area (TPSA) is 137 Å². The third-order valence-corrected chi connectivity index (χ3v) is 10.8. The van der Waals surface area contributed by atoms with Crippen molar-refractivity contribution in [1.82, 2.24) is 29.7 Å². The number of halogens is 1. The lowest BCUT2D eigenvalue weighted by atomic mass is 9.99. The second-order valence-electron chi connectivity index (χ2n) is 15.0. The van der Waals surface area contributed by atoms with Gasteiger partial charge in [-0.05, 0) is 115 Å². The summed E-state index contributed by atoms with van der Waals surface area (Å²) in [6, 6.07) is 23.2. The van der Waals surface area contributed by atoms with Crippen LogP contribution in [0, 0.1) is 13.8 Å². The lowest BCUT2D eigenvalue weighted by molar-refractivity contribution is -0.118. The van der Waals surface area contributed by atoms with Gasteiger partial charge >= 0.3 is 11.9 Å². The molecule has 0 saturated heterocycles. The van der Waals surface area contributed by atoms with E-state index >= 15 is 0 Å². The highest BCUT2D eigenvalue weighted by Crippen LogP contribution is 2.30. The number of nitrogens with zero attached hydrogens (tertiary/aromatic N) is 6. The van der Waals surface area contributed by atoms with Gasteiger partial charge < -0.3 is 18.9 Å². The Hall–Kier alpha value is -5.54. The van der Waals surface area contributed by atoms with Gasteiger partial charge in [0.2, 0.25) is 0 Å². The van der Waals surface area contributed by atoms with Crippen LogP contribution in [0.15, 0.2) is 77.3 Å². The van der Waals surface area contributed by atoms with Crippen molar-refractivity contribution in [1.29, 1.82) is 0 Å². The predicted octanol–water partition coefficient (Wildman–Crippen LogP) is 7.08. The van der Waals surface area contributed by atoms with E-state index in [2.05, 4.69) is 30.6 Å². The van der Waals surface area contributed by atoms with Crippen molar-refractivity contribution in [3.63, 3.8) is 0 Å². The first kappa shape index (κ1) is 44.0. The van der Waals surface area contributed by atoms with Crippen molar-refractivity contribution < 1.29 is 33.3 Å². The molecule has 314 valence electrons. The number of benzene rings is 2. The minimum Gasteiger partial charge on any atom is -0.497 e. The number of ketones is 1. The Labute approximate surface area is 359 Å². The van der Waals surface area contributed by atoms with Crippen LogP contribution in [-0.2, 0) is 40.4 Å².